The highest BCUT2D eigenvalue weighted by Crippen LogP contribution is 2.22. The SMILES string of the molecule is Cc1nn(-c2ccc(Br)cc2)cc1-c1noc(C(=O)NCCCc2ccccc2)n1. The molecule has 0 radical (unpaired) electrons. The molecule has 0 atom stereocenters. The van der Waals surface area contributed by atoms with Crippen LogP contribution in [0.15, 0.2) is 69.8 Å². The van der Waals surface area contributed by atoms with Crippen LogP contribution in [0.25, 0.3) is 17.1 Å². The van der Waals surface area contributed by atoms with Crippen LogP contribution < -0.4 is 5.32 Å². The first-order valence-corrected chi connectivity index (χ1v) is 10.4. The van der Waals surface area contributed by atoms with Crippen LogP contribution >= 0.6 is 15.9 Å². The number of amides is 1. The molecule has 2 aromatic heterocycles. The van der Waals surface area contributed by atoms with Crippen molar-refractivity contribution in [2.45, 2.75) is 19.8 Å². The largest absolute Gasteiger partial charge is 0.348 e. The molecule has 1 amide bonds. The zero-order chi connectivity index (χ0) is 20.9. The van der Waals surface area contributed by atoms with Gasteiger partial charge in [-0.1, -0.05) is 51.4 Å². The number of aryl methyl sites for hydroxylation is 2. The number of rotatable bonds is 7. The standard InChI is InChI=1S/C22H20BrN5O2/c1-15-19(14-28(26-15)18-11-9-17(23)10-12-18)20-25-22(30-27-20)21(29)24-13-5-8-16-6-3-2-4-7-16/h2-4,6-7,9-12,14H,5,8,13H2,1H3,(H,24,29). The highest BCUT2D eigenvalue weighted by atomic mass is 79.9. The van der Waals surface area contributed by atoms with Crippen LogP contribution in [0.2, 0.25) is 0 Å². The van der Waals surface area contributed by atoms with Crippen LogP contribution in [0, 0.1) is 6.92 Å². The molecular formula is C22H20BrN5O2. The first-order valence-electron chi connectivity index (χ1n) is 9.58. The van der Waals surface area contributed by atoms with Gasteiger partial charge in [0.1, 0.15) is 0 Å². The Morgan fingerprint density at radius 3 is 2.67 bits per heavy atom. The number of aromatic nitrogens is 4. The molecule has 1 N–H and O–H groups in total. The van der Waals surface area contributed by atoms with Gasteiger partial charge in [-0.2, -0.15) is 10.1 Å². The van der Waals surface area contributed by atoms with Crippen molar-refractivity contribution in [3.8, 4) is 17.1 Å². The van der Waals surface area contributed by atoms with Crippen molar-refractivity contribution in [3.63, 3.8) is 0 Å². The number of nitrogens with zero attached hydrogens (tertiary/aromatic N) is 4. The summed E-state index contributed by atoms with van der Waals surface area (Å²) in [6, 6.07) is 17.9. The van der Waals surface area contributed by atoms with E-state index < -0.39 is 0 Å². The number of benzene rings is 2. The minimum absolute atomic E-state index is 0.0551. The molecule has 0 unspecified atom stereocenters. The molecule has 2 aromatic carbocycles. The minimum atomic E-state index is -0.375. The van der Waals surface area contributed by atoms with Gasteiger partial charge in [0.15, 0.2) is 0 Å². The summed E-state index contributed by atoms with van der Waals surface area (Å²) in [7, 11) is 0. The molecule has 0 fully saturated rings. The lowest BCUT2D eigenvalue weighted by atomic mass is 10.1. The molecule has 0 aliphatic carbocycles. The Bertz CT molecular complexity index is 1140. The van der Waals surface area contributed by atoms with Gasteiger partial charge in [-0.05, 0) is 49.6 Å². The van der Waals surface area contributed by atoms with Crippen molar-refractivity contribution in [2.75, 3.05) is 6.54 Å². The first kappa shape index (κ1) is 20.0. The van der Waals surface area contributed by atoms with E-state index >= 15 is 0 Å². The zero-order valence-corrected chi connectivity index (χ0v) is 18.0. The Kier molecular flexibility index (Phi) is 6.04. The second-order valence-electron chi connectivity index (χ2n) is 6.82. The number of hydrogen-bond donors (Lipinski definition) is 1. The maximum Gasteiger partial charge on any atom is 0.316 e. The number of carbonyl (C=O) groups excluding carboxylic acids is 1. The minimum Gasteiger partial charge on any atom is -0.348 e. The molecule has 0 aliphatic rings. The third-order valence-corrected chi connectivity index (χ3v) is 5.15. The molecule has 0 spiro atoms. The fraction of sp³-hybridized carbons (Fsp3) is 0.182. The topological polar surface area (TPSA) is 85.8 Å². The van der Waals surface area contributed by atoms with E-state index in [1.54, 1.807) is 4.68 Å². The molecule has 7 nitrogen and oxygen atoms in total. The average molecular weight is 466 g/mol. The van der Waals surface area contributed by atoms with Crippen molar-refractivity contribution < 1.29 is 9.32 Å². The maximum atomic E-state index is 12.3. The molecule has 0 aliphatic heterocycles. The number of halogens is 1. The normalized spacial score (nSPS) is 10.9. The van der Waals surface area contributed by atoms with Crippen LogP contribution in [0.5, 0.6) is 0 Å². The monoisotopic (exact) mass is 465 g/mol. The van der Waals surface area contributed by atoms with Gasteiger partial charge < -0.3 is 9.84 Å². The van der Waals surface area contributed by atoms with Crippen molar-refractivity contribution >= 4 is 21.8 Å². The van der Waals surface area contributed by atoms with E-state index in [2.05, 4.69) is 48.6 Å². The number of carbonyl (C=O) groups is 1. The van der Waals surface area contributed by atoms with Gasteiger partial charge in [0, 0.05) is 17.2 Å². The summed E-state index contributed by atoms with van der Waals surface area (Å²) in [5.41, 5.74) is 3.61. The lowest BCUT2D eigenvalue weighted by Crippen LogP contribution is -2.25. The second-order valence-corrected chi connectivity index (χ2v) is 7.73. The summed E-state index contributed by atoms with van der Waals surface area (Å²) in [4.78, 5) is 16.6. The van der Waals surface area contributed by atoms with Gasteiger partial charge in [0.2, 0.25) is 5.82 Å². The molecule has 4 aromatic rings. The molecular weight excluding hydrogens is 446 g/mol. The lowest BCUT2D eigenvalue weighted by Gasteiger charge is -2.02. The Morgan fingerprint density at radius 1 is 1.13 bits per heavy atom. The molecule has 8 heteroatoms. The summed E-state index contributed by atoms with van der Waals surface area (Å²) in [6.07, 6.45) is 3.55. The van der Waals surface area contributed by atoms with Gasteiger partial charge in [-0.3, -0.25) is 4.79 Å². The van der Waals surface area contributed by atoms with Crippen molar-refractivity contribution in [1.29, 1.82) is 0 Å². The Balaban J connectivity index is 1.38. The highest BCUT2D eigenvalue weighted by molar-refractivity contribution is 9.10. The van der Waals surface area contributed by atoms with E-state index in [0.717, 1.165) is 28.7 Å². The Hall–Kier alpha value is -3.26. The molecule has 152 valence electrons. The number of nitrogens with one attached hydrogen (secondary N) is 1. The Morgan fingerprint density at radius 2 is 1.90 bits per heavy atom. The summed E-state index contributed by atoms with van der Waals surface area (Å²) >= 11 is 3.42. The third kappa shape index (κ3) is 4.65. The van der Waals surface area contributed by atoms with Gasteiger partial charge in [-0.25, -0.2) is 4.68 Å². The van der Waals surface area contributed by atoms with Crippen LogP contribution in [0.4, 0.5) is 0 Å². The van der Waals surface area contributed by atoms with Crippen molar-refractivity contribution in [1.82, 2.24) is 25.2 Å². The lowest BCUT2D eigenvalue weighted by molar-refractivity contribution is 0.0909. The molecule has 0 saturated carbocycles. The van der Waals surface area contributed by atoms with E-state index in [9.17, 15) is 4.79 Å². The zero-order valence-electron chi connectivity index (χ0n) is 16.4. The fourth-order valence-corrected chi connectivity index (χ4v) is 3.31. The third-order valence-electron chi connectivity index (χ3n) is 4.62. The van der Waals surface area contributed by atoms with Crippen LogP contribution in [0.3, 0.4) is 0 Å². The molecule has 2 heterocycles. The van der Waals surface area contributed by atoms with E-state index in [4.69, 9.17) is 4.52 Å². The van der Waals surface area contributed by atoms with Crippen LogP contribution in [-0.4, -0.2) is 32.4 Å². The van der Waals surface area contributed by atoms with E-state index in [1.807, 2.05) is 55.6 Å². The van der Waals surface area contributed by atoms with Gasteiger partial charge in [-0.15, -0.1) is 0 Å². The Labute approximate surface area is 182 Å². The van der Waals surface area contributed by atoms with Crippen LogP contribution in [0.1, 0.15) is 28.4 Å². The maximum absolute atomic E-state index is 12.3. The average Bonchev–Trinajstić information content (AvgIpc) is 3.39. The van der Waals surface area contributed by atoms with E-state index in [1.165, 1.54) is 5.56 Å². The van der Waals surface area contributed by atoms with Gasteiger partial charge >= 0.3 is 11.8 Å². The highest BCUT2D eigenvalue weighted by Gasteiger charge is 2.19. The van der Waals surface area contributed by atoms with Crippen LogP contribution in [-0.2, 0) is 6.42 Å². The predicted octanol–water partition coefficient (Wildman–Crippen LogP) is 4.36. The van der Waals surface area contributed by atoms with Gasteiger partial charge in [0.25, 0.3) is 0 Å². The molecule has 0 bridgehead atoms. The first-order chi connectivity index (χ1) is 14.6. The summed E-state index contributed by atoms with van der Waals surface area (Å²) in [5.74, 6) is -0.0921. The van der Waals surface area contributed by atoms with Gasteiger partial charge in [0.05, 0.1) is 16.9 Å². The number of hydrogen-bond acceptors (Lipinski definition) is 5. The molecule has 30 heavy (non-hydrogen) atoms. The summed E-state index contributed by atoms with van der Waals surface area (Å²) in [5, 5.41) is 11.3. The fourth-order valence-electron chi connectivity index (χ4n) is 3.05. The quantitative estimate of drug-likeness (QED) is 0.409. The van der Waals surface area contributed by atoms with Crippen molar-refractivity contribution in [2.24, 2.45) is 0 Å². The molecule has 0 saturated heterocycles. The second kappa shape index (κ2) is 9.04. The smallest absolute Gasteiger partial charge is 0.316 e. The van der Waals surface area contributed by atoms with E-state index in [0.29, 0.717) is 17.9 Å². The summed E-state index contributed by atoms with van der Waals surface area (Å²) in [6.45, 7) is 2.40. The van der Waals surface area contributed by atoms with E-state index in [-0.39, 0.29) is 11.8 Å². The summed E-state index contributed by atoms with van der Waals surface area (Å²) < 4.78 is 7.91. The predicted molar refractivity (Wildman–Crippen MR) is 116 cm³/mol. The molecule has 4 rings (SSSR count). The van der Waals surface area contributed by atoms with Crippen molar-refractivity contribution in [3.05, 3.63) is 82.4 Å².